The lowest BCUT2D eigenvalue weighted by atomic mass is 9.70. The predicted octanol–water partition coefficient (Wildman–Crippen LogP) is 4.90. The molecule has 1 heterocycles. The molecule has 5 heteroatoms. The van der Waals surface area contributed by atoms with E-state index in [1.54, 1.807) is 6.92 Å². The van der Waals surface area contributed by atoms with Crippen LogP contribution in [0, 0.1) is 5.41 Å². The molecule has 24 heavy (non-hydrogen) atoms. The average Bonchev–Trinajstić information content (AvgIpc) is 2.99. The van der Waals surface area contributed by atoms with Crippen LogP contribution in [0.1, 0.15) is 54.0 Å². The molecular weight excluding hydrogens is 322 g/mol. The van der Waals surface area contributed by atoms with Gasteiger partial charge in [0.2, 0.25) is 0 Å². The molecular formula is C19H21NO3S. The number of carboxylic acid groups (broad SMARTS) is 1. The summed E-state index contributed by atoms with van der Waals surface area (Å²) in [6.07, 6.45) is 0.826. The Balaban J connectivity index is 2.04. The lowest BCUT2D eigenvalue weighted by Crippen LogP contribution is -2.40. The van der Waals surface area contributed by atoms with Crippen molar-refractivity contribution in [1.82, 2.24) is 5.32 Å². The highest BCUT2D eigenvalue weighted by atomic mass is 32.1. The van der Waals surface area contributed by atoms with Crippen LogP contribution in [0.2, 0.25) is 0 Å². The van der Waals surface area contributed by atoms with Gasteiger partial charge in [-0.25, -0.2) is 4.79 Å². The summed E-state index contributed by atoms with van der Waals surface area (Å²) >= 11 is 1.46. The highest BCUT2D eigenvalue weighted by Gasteiger charge is 2.37. The first-order chi connectivity index (χ1) is 11.3. The minimum Gasteiger partial charge on any atom is -0.465 e. The van der Waals surface area contributed by atoms with Gasteiger partial charge in [-0.05, 0) is 53.3 Å². The fraction of sp³-hybridized carbons (Fsp3) is 0.368. The maximum absolute atomic E-state index is 11.8. The minimum absolute atomic E-state index is 0.0734. The van der Waals surface area contributed by atoms with Crippen LogP contribution in [0.15, 0.2) is 29.6 Å². The number of thiophene rings is 1. The van der Waals surface area contributed by atoms with Crippen LogP contribution in [-0.4, -0.2) is 17.0 Å². The number of benzene rings is 1. The number of aryl methyl sites for hydroxylation is 1. The summed E-state index contributed by atoms with van der Waals surface area (Å²) in [6, 6.07) is 7.86. The summed E-state index contributed by atoms with van der Waals surface area (Å²) in [5.74, 6) is 0.0734. The van der Waals surface area contributed by atoms with Crippen molar-refractivity contribution in [3.05, 3.63) is 45.6 Å². The predicted molar refractivity (Wildman–Crippen MR) is 95.8 cm³/mol. The molecule has 0 fully saturated rings. The number of Topliss-reactive ketones (excluding diaryl/α,β-unsaturated/α-hetero) is 1. The maximum Gasteiger partial charge on any atom is 0.405 e. The molecule has 1 aliphatic carbocycles. The van der Waals surface area contributed by atoms with E-state index in [2.05, 4.69) is 25.2 Å². The molecule has 0 spiro atoms. The third-order valence-electron chi connectivity index (χ3n) is 4.84. The molecule has 1 aromatic heterocycles. The number of ketones is 1. The number of carbonyl (C=O) groups excluding carboxylic acids is 1. The summed E-state index contributed by atoms with van der Waals surface area (Å²) in [4.78, 5) is 23.7. The van der Waals surface area contributed by atoms with Crippen LogP contribution in [0.25, 0.3) is 11.1 Å². The normalized spacial score (nSPS) is 18.7. The molecule has 0 saturated heterocycles. The van der Waals surface area contributed by atoms with Gasteiger partial charge >= 0.3 is 6.09 Å². The smallest absolute Gasteiger partial charge is 0.405 e. The first-order valence-corrected chi connectivity index (χ1v) is 8.88. The zero-order valence-corrected chi connectivity index (χ0v) is 14.9. The topological polar surface area (TPSA) is 66.4 Å². The fourth-order valence-corrected chi connectivity index (χ4v) is 4.32. The first kappa shape index (κ1) is 16.7. The van der Waals surface area contributed by atoms with Gasteiger partial charge in [-0.2, -0.15) is 0 Å². The standard InChI is InChI=1S/C19H21NO3S/c1-11(21)16-14(7-9-24-16)12-4-5-15-13(10-12)6-8-19(2,3)17(15)20-18(22)23/h4-5,7,9-10,17,20H,6,8H2,1-3H3,(H,22,23). The van der Waals surface area contributed by atoms with E-state index in [0.717, 1.165) is 40.0 Å². The average molecular weight is 343 g/mol. The van der Waals surface area contributed by atoms with Gasteiger partial charge in [0, 0.05) is 5.56 Å². The van der Waals surface area contributed by atoms with Crippen LogP contribution < -0.4 is 5.32 Å². The molecule has 2 aromatic rings. The van der Waals surface area contributed by atoms with Crippen molar-refractivity contribution >= 4 is 23.2 Å². The van der Waals surface area contributed by atoms with Crippen LogP contribution in [-0.2, 0) is 6.42 Å². The second kappa shape index (κ2) is 6.06. The Morgan fingerprint density at radius 1 is 1.29 bits per heavy atom. The third kappa shape index (κ3) is 2.96. The molecule has 3 rings (SSSR count). The number of fused-ring (bicyclic) bond motifs is 1. The maximum atomic E-state index is 11.8. The van der Waals surface area contributed by atoms with Crippen LogP contribution in [0.3, 0.4) is 0 Å². The van der Waals surface area contributed by atoms with E-state index >= 15 is 0 Å². The van der Waals surface area contributed by atoms with E-state index in [1.165, 1.54) is 11.3 Å². The Labute approximate surface area is 145 Å². The van der Waals surface area contributed by atoms with E-state index in [1.807, 2.05) is 23.6 Å². The minimum atomic E-state index is -0.998. The van der Waals surface area contributed by atoms with Crippen molar-refractivity contribution in [2.24, 2.45) is 5.41 Å². The zero-order valence-electron chi connectivity index (χ0n) is 14.1. The summed E-state index contributed by atoms with van der Waals surface area (Å²) in [5.41, 5.74) is 4.06. The van der Waals surface area contributed by atoms with Crippen LogP contribution in [0.4, 0.5) is 4.79 Å². The van der Waals surface area contributed by atoms with Crippen molar-refractivity contribution in [2.75, 3.05) is 0 Å². The number of hydrogen-bond donors (Lipinski definition) is 2. The van der Waals surface area contributed by atoms with Gasteiger partial charge in [0.1, 0.15) is 0 Å². The Kier molecular flexibility index (Phi) is 4.22. The number of amides is 1. The largest absolute Gasteiger partial charge is 0.465 e. The van der Waals surface area contributed by atoms with Crippen molar-refractivity contribution < 1.29 is 14.7 Å². The van der Waals surface area contributed by atoms with Crippen LogP contribution in [0.5, 0.6) is 0 Å². The lowest BCUT2D eigenvalue weighted by molar-refractivity contribution is 0.102. The Morgan fingerprint density at radius 3 is 2.71 bits per heavy atom. The molecule has 4 nitrogen and oxygen atoms in total. The molecule has 0 radical (unpaired) electrons. The van der Waals surface area contributed by atoms with Crippen molar-refractivity contribution in [3.63, 3.8) is 0 Å². The third-order valence-corrected chi connectivity index (χ3v) is 5.85. The van der Waals surface area contributed by atoms with E-state index in [-0.39, 0.29) is 17.2 Å². The van der Waals surface area contributed by atoms with Crippen LogP contribution >= 0.6 is 11.3 Å². The number of hydrogen-bond acceptors (Lipinski definition) is 3. The molecule has 126 valence electrons. The first-order valence-electron chi connectivity index (χ1n) is 8.00. The highest BCUT2D eigenvalue weighted by Crippen LogP contribution is 2.44. The molecule has 1 aromatic carbocycles. The van der Waals surface area contributed by atoms with E-state index < -0.39 is 6.09 Å². The molecule has 2 N–H and O–H groups in total. The number of rotatable bonds is 3. The van der Waals surface area contributed by atoms with Gasteiger partial charge < -0.3 is 10.4 Å². The van der Waals surface area contributed by atoms with Gasteiger partial charge in [0.25, 0.3) is 0 Å². The zero-order chi connectivity index (χ0) is 17.5. The Hall–Kier alpha value is -2.14. The van der Waals surface area contributed by atoms with Crippen molar-refractivity contribution in [3.8, 4) is 11.1 Å². The molecule has 0 saturated carbocycles. The Morgan fingerprint density at radius 2 is 2.04 bits per heavy atom. The number of nitrogens with one attached hydrogen (secondary N) is 1. The quantitative estimate of drug-likeness (QED) is 0.779. The Bertz CT molecular complexity index is 807. The summed E-state index contributed by atoms with van der Waals surface area (Å²) in [6.45, 7) is 5.78. The molecule has 1 amide bonds. The fourth-order valence-electron chi connectivity index (χ4n) is 3.50. The van der Waals surface area contributed by atoms with Gasteiger partial charge in [-0.15, -0.1) is 11.3 Å². The second-order valence-electron chi connectivity index (χ2n) is 7.00. The van der Waals surface area contributed by atoms with E-state index in [4.69, 9.17) is 0 Å². The molecule has 1 unspecified atom stereocenters. The van der Waals surface area contributed by atoms with Gasteiger partial charge in [0.15, 0.2) is 5.78 Å². The van der Waals surface area contributed by atoms with Gasteiger partial charge in [-0.1, -0.05) is 32.0 Å². The lowest BCUT2D eigenvalue weighted by Gasteiger charge is -2.40. The van der Waals surface area contributed by atoms with E-state index in [0.29, 0.717) is 0 Å². The summed E-state index contributed by atoms with van der Waals surface area (Å²) in [7, 11) is 0. The second-order valence-corrected chi connectivity index (χ2v) is 7.92. The summed E-state index contributed by atoms with van der Waals surface area (Å²) in [5, 5.41) is 13.8. The highest BCUT2D eigenvalue weighted by molar-refractivity contribution is 7.12. The molecule has 1 atom stereocenters. The molecule has 0 bridgehead atoms. The van der Waals surface area contributed by atoms with Gasteiger partial charge in [0.05, 0.1) is 10.9 Å². The van der Waals surface area contributed by atoms with Gasteiger partial charge in [-0.3, -0.25) is 4.79 Å². The van der Waals surface area contributed by atoms with Crippen molar-refractivity contribution in [1.29, 1.82) is 0 Å². The van der Waals surface area contributed by atoms with E-state index in [9.17, 15) is 14.7 Å². The SMILES string of the molecule is CC(=O)c1sccc1-c1ccc2c(c1)CCC(C)(C)C2NC(=O)O. The number of carbonyl (C=O) groups is 2. The van der Waals surface area contributed by atoms with Crippen molar-refractivity contribution in [2.45, 2.75) is 39.7 Å². The molecule has 0 aliphatic heterocycles. The summed E-state index contributed by atoms with van der Waals surface area (Å²) < 4.78 is 0. The molecule has 1 aliphatic rings. The monoisotopic (exact) mass is 343 g/mol.